The fourth-order valence-electron chi connectivity index (χ4n) is 1.78. The normalized spacial score (nSPS) is 20.8. The van der Waals surface area contributed by atoms with Crippen LogP contribution in [-0.2, 0) is 4.74 Å². The number of nitrogens with zero attached hydrogens (tertiary/aromatic N) is 2. The van der Waals surface area contributed by atoms with Crippen molar-refractivity contribution in [2.24, 2.45) is 0 Å². The molecule has 5 heteroatoms. The Kier molecular flexibility index (Phi) is 3.61. The summed E-state index contributed by atoms with van der Waals surface area (Å²) in [4.78, 5) is 8.48. The van der Waals surface area contributed by atoms with Crippen LogP contribution >= 0.6 is 11.6 Å². The second-order valence-electron chi connectivity index (χ2n) is 4.09. The van der Waals surface area contributed by atoms with Crippen LogP contribution in [0.15, 0.2) is 0 Å². The Labute approximate surface area is 100 Å². The Hall–Kier alpha value is -0.870. The lowest BCUT2D eigenvalue weighted by Crippen LogP contribution is -2.30. The predicted molar refractivity (Wildman–Crippen MR) is 64.0 cm³/mol. The van der Waals surface area contributed by atoms with Crippen molar-refractivity contribution >= 4 is 17.4 Å². The van der Waals surface area contributed by atoms with Crippen LogP contribution in [0.5, 0.6) is 0 Å². The molecule has 1 atom stereocenters. The second kappa shape index (κ2) is 4.97. The Morgan fingerprint density at radius 1 is 1.38 bits per heavy atom. The first-order valence-electron chi connectivity index (χ1n) is 5.52. The quantitative estimate of drug-likeness (QED) is 0.808. The molecule has 1 aliphatic rings. The van der Waals surface area contributed by atoms with Gasteiger partial charge in [-0.25, -0.2) is 9.97 Å². The summed E-state index contributed by atoms with van der Waals surface area (Å²) in [5, 5.41) is 3.89. The standard InChI is InChI=1S/C11H16ClN3O/c1-7-10(12)13-8(2)14-11(7)15-9-4-3-5-16-6-9/h9H,3-6H2,1-2H3,(H,13,14,15). The average Bonchev–Trinajstić information content (AvgIpc) is 2.27. The number of ether oxygens (including phenoxy) is 1. The van der Waals surface area contributed by atoms with Crippen molar-refractivity contribution in [2.45, 2.75) is 32.7 Å². The zero-order valence-electron chi connectivity index (χ0n) is 9.59. The molecule has 1 fully saturated rings. The fourth-order valence-corrected chi connectivity index (χ4v) is 1.99. The van der Waals surface area contributed by atoms with Gasteiger partial charge in [-0.2, -0.15) is 0 Å². The highest BCUT2D eigenvalue weighted by Gasteiger charge is 2.16. The molecule has 1 N–H and O–H groups in total. The van der Waals surface area contributed by atoms with Crippen molar-refractivity contribution < 1.29 is 4.74 Å². The third-order valence-corrected chi connectivity index (χ3v) is 3.07. The molecule has 1 unspecified atom stereocenters. The van der Waals surface area contributed by atoms with Gasteiger partial charge in [-0.3, -0.25) is 0 Å². The Bertz CT molecular complexity index is 378. The molecule has 1 saturated heterocycles. The van der Waals surface area contributed by atoms with E-state index in [0.29, 0.717) is 17.0 Å². The Morgan fingerprint density at radius 2 is 2.19 bits per heavy atom. The van der Waals surface area contributed by atoms with Gasteiger partial charge in [-0.1, -0.05) is 11.6 Å². The molecule has 16 heavy (non-hydrogen) atoms. The molecule has 1 aromatic rings. The van der Waals surface area contributed by atoms with Crippen LogP contribution in [0.4, 0.5) is 5.82 Å². The number of nitrogens with one attached hydrogen (secondary N) is 1. The average molecular weight is 242 g/mol. The summed E-state index contributed by atoms with van der Waals surface area (Å²) in [6.07, 6.45) is 2.20. The number of hydrogen-bond acceptors (Lipinski definition) is 4. The van der Waals surface area contributed by atoms with Gasteiger partial charge in [0, 0.05) is 12.2 Å². The molecular formula is C11H16ClN3O. The van der Waals surface area contributed by atoms with Gasteiger partial charge >= 0.3 is 0 Å². The van der Waals surface area contributed by atoms with E-state index in [-0.39, 0.29) is 0 Å². The monoisotopic (exact) mass is 241 g/mol. The maximum Gasteiger partial charge on any atom is 0.137 e. The van der Waals surface area contributed by atoms with Crippen molar-refractivity contribution in [1.29, 1.82) is 0 Å². The zero-order chi connectivity index (χ0) is 11.5. The lowest BCUT2D eigenvalue weighted by atomic mass is 10.1. The molecule has 0 amide bonds. The van der Waals surface area contributed by atoms with Crippen molar-refractivity contribution in [3.63, 3.8) is 0 Å². The van der Waals surface area contributed by atoms with Gasteiger partial charge in [0.1, 0.15) is 16.8 Å². The lowest BCUT2D eigenvalue weighted by molar-refractivity contribution is 0.0875. The van der Waals surface area contributed by atoms with E-state index >= 15 is 0 Å². The molecular weight excluding hydrogens is 226 g/mol. The van der Waals surface area contributed by atoms with E-state index in [9.17, 15) is 0 Å². The third kappa shape index (κ3) is 2.62. The SMILES string of the molecule is Cc1nc(Cl)c(C)c(NC2CCCOC2)n1. The van der Waals surface area contributed by atoms with Crippen LogP contribution in [0.3, 0.4) is 0 Å². The van der Waals surface area contributed by atoms with Gasteiger partial charge in [0.2, 0.25) is 0 Å². The highest BCUT2D eigenvalue weighted by atomic mass is 35.5. The van der Waals surface area contributed by atoms with Crippen molar-refractivity contribution in [3.8, 4) is 0 Å². The summed E-state index contributed by atoms with van der Waals surface area (Å²) in [5.41, 5.74) is 0.901. The van der Waals surface area contributed by atoms with E-state index in [4.69, 9.17) is 16.3 Å². The molecule has 1 aliphatic heterocycles. The van der Waals surface area contributed by atoms with Crippen molar-refractivity contribution in [3.05, 3.63) is 16.5 Å². The Balaban J connectivity index is 2.13. The summed E-state index contributed by atoms with van der Waals surface area (Å²) in [7, 11) is 0. The van der Waals surface area contributed by atoms with E-state index in [1.54, 1.807) is 0 Å². The number of aryl methyl sites for hydroxylation is 1. The van der Waals surface area contributed by atoms with Gasteiger partial charge < -0.3 is 10.1 Å². The third-order valence-electron chi connectivity index (χ3n) is 2.70. The highest BCUT2D eigenvalue weighted by Crippen LogP contribution is 2.21. The first kappa shape index (κ1) is 11.6. The first-order chi connectivity index (χ1) is 7.66. The van der Waals surface area contributed by atoms with E-state index < -0.39 is 0 Å². The molecule has 4 nitrogen and oxygen atoms in total. The van der Waals surface area contributed by atoms with Gasteiger partial charge in [0.05, 0.1) is 12.6 Å². The molecule has 0 spiro atoms. The summed E-state index contributed by atoms with van der Waals surface area (Å²) in [5.74, 6) is 1.52. The smallest absolute Gasteiger partial charge is 0.137 e. The van der Waals surface area contributed by atoms with Crippen LogP contribution in [0.25, 0.3) is 0 Å². The molecule has 0 radical (unpaired) electrons. The predicted octanol–water partition coefficient (Wildman–Crippen LogP) is 2.34. The number of anilines is 1. The molecule has 0 aromatic carbocycles. The molecule has 0 bridgehead atoms. The maximum absolute atomic E-state index is 6.01. The van der Waals surface area contributed by atoms with Gasteiger partial charge in [-0.05, 0) is 26.7 Å². The highest BCUT2D eigenvalue weighted by molar-refractivity contribution is 6.30. The summed E-state index contributed by atoms with van der Waals surface area (Å²) in [6.45, 7) is 5.36. The van der Waals surface area contributed by atoms with Crippen molar-refractivity contribution in [2.75, 3.05) is 18.5 Å². The fraction of sp³-hybridized carbons (Fsp3) is 0.636. The number of hydrogen-bond donors (Lipinski definition) is 1. The summed E-state index contributed by atoms with van der Waals surface area (Å²) >= 11 is 6.01. The van der Waals surface area contributed by atoms with Gasteiger partial charge in [0.15, 0.2) is 0 Å². The van der Waals surface area contributed by atoms with Crippen molar-refractivity contribution in [1.82, 2.24) is 9.97 Å². The zero-order valence-corrected chi connectivity index (χ0v) is 10.3. The molecule has 2 heterocycles. The number of rotatable bonds is 2. The van der Waals surface area contributed by atoms with Gasteiger partial charge in [-0.15, -0.1) is 0 Å². The minimum absolute atomic E-state index is 0.331. The minimum atomic E-state index is 0.331. The van der Waals surface area contributed by atoms with Crippen LogP contribution in [-0.4, -0.2) is 29.2 Å². The maximum atomic E-state index is 6.01. The topological polar surface area (TPSA) is 47.0 Å². The van der Waals surface area contributed by atoms with E-state index in [0.717, 1.165) is 37.4 Å². The first-order valence-corrected chi connectivity index (χ1v) is 5.89. The van der Waals surface area contributed by atoms with E-state index in [1.807, 2.05) is 13.8 Å². The lowest BCUT2D eigenvalue weighted by Gasteiger charge is -2.24. The molecule has 0 aliphatic carbocycles. The van der Waals surface area contributed by atoms with Crippen LogP contribution in [0, 0.1) is 13.8 Å². The number of aromatic nitrogens is 2. The molecule has 1 aromatic heterocycles. The van der Waals surface area contributed by atoms with E-state index in [2.05, 4.69) is 15.3 Å². The van der Waals surface area contributed by atoms with E-state index in [1.165, 1.54) is 0 Å². The largest absolute Gasteiger partial charge is 0.379 e. The summed E-state index contributed by atoms with van der Waals surface area (Å²) < 4.78 is 5.42. The molecule has 88 valence electrons. The number of halogens is 1. The Morgan fingerprint density at radius 3 is 2.88 bits per heavy atom. The molecule has 0 saturated carbocycles. The van der Waals surface area contributed by atoms with Gasteiger partial charge in [0.25, 0.3) is 0 Å². The van der Waals surface area contributed by atoms with Crippen LogP contribution in [0.2, 0.25) is 5.15 Å². The summed E-state index contributed by atoms with van der Waals surface area (Å²) in [6, 6.07) is 0.331. The second-order valence-corrected chi connectivity index (χ2v) is 4.45. The van der Waals surface area contributed by atoms with Crippen LogP contribution < -0.4 is 5.32 Å². The minimum Gasteiger partial charge on any atom is -0.379 e. The van der Waals surface area contributed by atoms with Crippen LogP contribution in [0.1, 0.15) is 24.2 Å². The molecule has 2 rings (SSSR count).